The Labute approximate surface area is 146 Å². The quantitative estimate of drug-likeness (QED) is 0.554. The van der Waals surface area contributed by atoms with Crippen molar-refractivity contribution in [3.8, 4) is 11.3 Å². The molecule has 0 unspecified atom stereocenters. The lowest BCUT2D eigenvalue weighted by Crippen LogP contribution is -1.97. The van der Waals surface area contributed by atoms with E-state index in [9.17, 15) is 4.79 Å². The number of aldehydes is 1. The molecule has 3 aromatic rings. The number of benzene rings is 2. The van der Waals surface area contributed by atoms with Gasteiger partial charge >= 0.3 is 0 Å². The second-order valence-electron chi connectivity index (χ2n) is 6.12. The van der Waals surface area contributed by atoms with E-state index in [0.29, 0.717) is 11.3 Å². The maximum absolute atomic E-state index is 11.5. The van der Waals surface area contributed by atoms with Gasteiger partial charge in [-0.3, -0.25) is 4.79 Å². The van der Waals surface area contributed by atoms with E-state index in [4.69, 9.17) is 10.7 Å². The number of hydrogen-bond acceptors (Lipinski definition) is 4. The molecule has 0 radical (unpaired) electrons. The van der Waals surface area contributed by atoms with E-state index in [1.165, 1.54) is 22.5 Å². The zero-order chi connectivity index (χ0) is 17.3. The highest BCUT2D eigenvalue weighted by Gasteiger charge is 2.14. The first-order chi connectivity index (χ1) is 11.5. The van der Waals surface area contributed by atoms with E-state index < -0.39 is 0 Å². The Morgan fingerprint density at radius 2 is 1.79 bits per heavy atom. The molecule has 0 bridgehead atoms. The van der Waals surface area contributed by atoms with Crippen molar-refractivity contribution >= 4 is 23.3 Å². The Morgan fingerprint density at radius 3 is 2.46 bits per heavy atom. The highest BCUT2D eigenvalue weighted by atomic mass is 32.1. The molecule has 0 atom stereocenters. The second-order valence-corrected chi connectivity index (χ2v) is 7.23. The first kappa shape index (κ1) is 16.4. The number of anilines is 1. The zero-order valence-electron chi connectivity index (χ0n) is 14.1. The minimum Gasteiger partial charge on any atom is -0.399 e. The largest absolute Gasteiger partial charge is 0.399 e. The predicted octanol–water partition coefficient (Wildman–Crippen LogP) is 4.72. The monoisotopic (exact) mass is 336 g/mol. The van der Waals surface area contributed by atoms with E-state index >= 15 is 0 Å². The number of thiazole rings is 1. The third-order valence-electron chi connectivity index (χ3n) is 4.20. The van der Waals surface area contributed by atoms with Crippen LogP contribution in [-0.2, 0) is 6.42 Å². The summed E-state index contributed by atoms with van der Waals surface area (Å²) in [7, 11) is 0. The molecule has 0 aliphatic rings. The fraction of sp³-hybridized carbons (Fsp3) is 0.200. The molecule has 0 fully saturated rings. The second kappa shape index (κ2) is 6.57. The fourth-order valence-electron chi connectivity index (χ4n) is 2.70. The third kappa shape index (κ3) is 3.24. The van der Waals surface area contributed by atoms with E-state index in [2.05, 4.69) is 13.0 Å². The number of nitrogens with zero attached hydrogens (tertiary/aromatic N) is 1. The molecule has 3 rings (SSSR count). The maximum Gasteiger partial charge on any atom is 0.162 e. The van der Waals surface area contributed by atoms with Crippen LogP contribution in [0.4, 0.5) is 5.69 Å². The lowest BCUT2D eigenvalue weighted by molar-refractivity contribution is 0.112. The van der Waals surface area contributed by atoms with Gasteiger partial charge in [0.1, 0.15) is 0 Å². The van der Waals surface area contributed by atoms with Crippen molar-refractivity contribution in [2.24, 2.45) is 0 Å². The van der Waals surface area contributed by atoms with Crippen molar-refractivity contribution in [3.63, 3.8) is 0 Å². The van der Waals surface area contributed by atoms with E-state index in [1.807, 2.05) is 44.2 Å². The normalized spacial score (nSPS) is 10.8. The van der Waals surface area contributed by atoms with Gasteiger partial charge < -0.3 is 5.73 Å². The first-order valence-corrected chi connectivity index (χ1v) is 8.67. The van der Waals surface area contributed by atoms with E-state index in [-0.39, 0.29) is 0 Å². The summed E-state index contributed by atoms with van der Waals surface area (Å²) in [6.45, 7) is 6.11. The average Bonchev–Trinajstić information content (AvgIpc) is 2.96. The van der Waals surface area contributed by atoms with Crippen LogP contribution in [-0.4, -0.2) is 11.3 Å². The summed E-state index contributed by atoms with van der Waals surface area (Å²) in [5.74, 6) is 0. The predicted molar refractivity (Wildman–Crippen MR) is 101 cm³/mol. The van der Waals surface area contributed by atoms with Crippen molar-refractivity contribution in [1.82, 2.24) is 4.98 Å². The SMILES string of the molecule is Cc1ccc(-c2nc(Cc3cc(C)c(N)cc3C)sc2C=O)cc1. The molecule has 2 N–H and O–H groups in total. The smallest absolute Gasteiger partial charge is 0.162 e. The van der Waals surface area contributed by atoms with Crippen LogP contribution in [0.25, 0.3) is 11.3 Å². The Balaban J connectivity index is 1.97. The number of nitrogens with two attached hydrogens (primary N) is 1. The lowest BCUT2D eigenvalue weighted by Gasteiger charge is -2.08. The summed E-state index contributed by atoms with van der Waals surface area (Å²) in [6, 6.07) is 12.2. The number of carbonyl (C=O) groups is 1. The number of aryl methyl sites for hydroxylation is 3. The van der Waals surface area contributed by atoms with Crippen molar-refractivity contribution < 1.29 is 4.79 Å². The van der Waals surface area contributed by atoms with Crippen LogP contribution >= 0.6 is 11.3 Å². The molecule has 1 heterocycles. The highest BCUT2D eigenvalue weighted by molar-refractivity contribution is 7.13. The van der Waals surface area contributed by atoms with Crippen molar-refractivity contribution in [2.45, 2.75) is 27.2 Å². The summed E-state index contributed by atoms with van der Waals surface area (Å²) in [5, 5.41) is 0.944. The molecule has 0 amide bonds. The van der Waals surface area contributed by atoms with Crippen LogP contribution < -0.4 is 5.73 Å². The molecule has 0 saturated carbocycles. The van der Waals surface area contributed by atoms with Crippen molar-refractivity contribution in [1.29, 1.82) is 0 Å². The summed E-state index contributed by atoms with van der Waals surface area (Å²) in [4.78, 5) is 16.9. The Morgan fingerprint density at radius 1 is 1.08 bits per heavy atom. The summed E-state index contributed by atoms with van der Waals surface area (Å²) >= 11 is 1.46. The summed E-state index contributed by atoms with van der Waals surface area (Å²) in [6.07, 6.45) is 1.61. The maximum atomic E-state index is 11.5. The average molecular weight is 336 g/mol. The van der Waals surface area contributed by atoms with Gasteiger partial charge in [0.05, 0.1) is 15.6 Å². The minimum absolute atomic E-state index is 0.679. The zero-order valence-corrected chi connectivity index (χ0v) is 14.9. The molecule has 4 heteroatoms. The van der Waals surface area contributed by atoms with Crippen LogP contribution in [0.5, 0.6) is 0 Å². The van der Waals surface area contributed by atoms with Crippen LogP contribution in [0, 0.1) is 20.8 Å². The van der Waals surface area contributed by atoms with Gasteiger partial charge in [-0.2, -0.15) is 0 Å². The van der Waals surface area contributed by atoms with E-state index in [1.54, 1.807) is 0 Å². The highest BCUT2D eigenvalue weighted by Crippen LogP contribution is 2.29. The Kier molecular flexibility index (Phi) is 4.49. The standard InChI is InChI=1S/C20H20N2OS/c1-12-4-6-15(7-5-12)20-18(11-23)24-19(22-20)10-16-8-14(3)17(21)9-13(16)2/h4-9,11H,10,21H2,1-3H3. The molecule has 3 nitrogen and oxygen atoms in total. The van der Waals surface area contributed by atoms with Gasteiger partial charge in [-0.05, 0) is 43.5 Å². The van der Waals surface area contributed by atoms with Gasteiger partial charge in [-0.15, -0.1) is 11.3 Å². The van der Waals surface area contributed by atoms with Crippen LogP contribution in [0.2, 0.25) is 0 Å². The molecular formula is C20H20N2OS. The van der Waals surface area contributed by atoms with Gasteiger partial charge in [-0.1, -0.05) is 35.9 Å². The molecule has 0 spiro atoms. The van der Waals surface area contributed by atoms with E-state index in [0.717, 1.165) is 39.4 Å². The number of aromatic nitrogens is 1. The molecule has 0 aliphatic carbocycles. The van der Waals surface area contributed by atoms with Crippen molar-refractivity contribution in [3.05, 3.63) is 68.5 Å². The molecule has 122 valence electrons. The Bertz CT molecular complexity index is 895. The van der Waals surface area contributed by atoms with Crippen LogP contribution in [0.15, 0.2) is 36.4 Å². The molecule has 2 aromatic carbocycles. The third-order valence-corrected chi connectivity index (χ3v) is 5.18. The van der Waals surface area contributed by atoms with Gasteiger partial charge in [0.25, 0.3) is 0 Å². The molecule has 0 saturated heterocycles. The summed E-state index contributed by atoms with van der Waals surface area (Å²) < 4.78 is 0. The number of carbonyl (C=O) groups excluding carboxylic acids is 1. The number of nitrogen functional groups attached to an aromatic ring is 1. The van der Waals surface area contributed by atoms with Gasteiger partial charge in [0.15, 0.2) is 6.29 Å². The summed E-state index contributed by atoms with van der Waals surface area (Å²) in [5.41, 5.74) is 13.1. The van der Waals surface area contributed by atoms with Crippen LogP contribution in [0.1, 0.15) is 36.9 Å². The first-order valence-electron chi connectivity index (χ1n) is 7.85. The molecule has 24 heavy (non-hydrogen) atoms. The lowest BCUT2D eigenvalue weighted by atomic mass is 10.0. The Hall–Kier alpha value is -2.46. The minimum atomic E-state index is 0.679. The molecule has 1 aromatic heterocycles. The van der Waals surface area contributed by atoms with Gasteiger partial charge in [-0.25, -0.2) is 4.98 Å². The molecular weight excluding hydrogens is 316 g/mol. The van der Waals surface area contributed by atoms with Gasteiger partial charge in [0.2, 0.25) is 0 Å². The van der Waals surface area contributed by atoms with Gasteiger partial charge in [0, 0.05) is 17.7 Å². The van der Waals surface area contributed by atoms with Crippen LogP contribution in [0.3, 0.4) is 0 Å². The fourth-order valence-corrected chi connectivity index (χ4v) is 3.63. The number of rotatable bonds is 4. The topological polar surface area (TPSA) is 56.0 Å². The van der Waals surface area contributed by atoms with Crippen molar-refractivity contribution in [2.75, 3.05) is 5.73 Å². The number of hydrogen-bond donors (Lipinski definition) is 1. The molecule has 0 aliphatic heterocycles.